The minimum Gasteiger partial charge on any atom is -0.271 e. The first-order valence-corrected chi connectivity index (χ1v) is 2.43. The summed E-state index contributed by atoms with van der Waals surface area (Å²) in [5, 5.41) is 0. The Labute approximate surface area is 54.0 Å². The van der Waals surface area contributed by atoms with Gasteiger partial charge in [-0.2, -0.15) is 0 Å². The molecule has 0 aromatic carbocycles. The molecule has 0 atom stereocenters. The smallest absolute Gasteiger partial charge is 0.103 e. The number of halogens is 2. The topological polar surface area (TPSA) is 38.0 Å². The van der Waals surface area contributed by atoms with Gasteiger partial charge in [-0.3, -0.25) is 11.3 Å². The maximum Gasteiger partial charge on any atom is 0.103 e. The first-order chi connectivity index (χ1) is 3.33. The summed E-state index contributed by atoms with van der Waals surface area (Å²) in [6.07, 6.45) is 0.591. The molecule has 0 saturated heterocycles. The molecule has 1 aliphatic carbocycles. The number of nitrogens with two attached hydrogens (primary N) is 1. The van der Waals surface area contributed by atoms with Crippen molar-refractivity contribution in [2.24, 2.45) is 5.84 Å². The second-order valence-electron chi connectivity index (χ2n) is 1.93. The molecule has 50 valence electrons. The Morgan fingerprint density at radius 1 is 1.50 bits per heavy atom. The number of nitrogens with one attached hydrogen (secondary N) is 1. The Morgan fingerprint density at radius 3 is 2.12 bits per heavy atom. The van der Waals surface area contributed by atoms with E-state index in [-0.39, 0.29) is 18.4 Å². The van der Waals surface area contributed by atoms with Gasteiger partial charge in [0.05, 0.1) is 0 Å². The summed E-state index contributed by atoms with van der Waals surface area (Å²) in [6.45, 7) is 0. The van der Waals surface area contributed by atoms with Crippen LogP contribution in [0.25, 0.3) is 0 Å². The van der Waals surface area contributed by atoms with Crippen molar-refractivity contribution in [1.82, 2.24) is 5.43 Å². The first-order valence-electron chi connectivity index (χ1n) is 2.43. The summed E-state index contributed by atoms with van der Waals surface area (Å²) in [6, 6.07) is 0.245. The molecule has 4 heteroatoms. The van der Waals surface area contributed by atoms with Crippen molar-refractivity contribution in [2.45, 2.75) is 25.1 Å². The minimum atomic E-state index is -0.596. The highest BCUT2D eigenvalue weighted by atomic mass is 35.5. The third kappa shape index (κ3) is 1.58. The van der Waals surface area contributed by atoms with E-state index in [0.717, 1.165) is 0 Å². The molecule has 1 saturated carbocycles. The van der Waals surface area contributed by atoms with Crippen molar-refractivity contribution in [2.75, 3.05) is 0 Å². The van der Waals surface area contributed by atoms with Gasteiger partial charge in [0.2, 0.25) is 0 Å². The van der Waals surface area contributed by atoms with Crippen LogP contribution < -0.4 is 11.3 Å². The molecule has 0 unspecified atom stereocenters. The van der Waals surface area contributed by atoms with E-state index in [0.29, 0.717) is 12.8 Å². The van der Waals surface area contributed by atoms with Crippen LogP contribution in [0.4, 0.5) is 4.39 Å². The lowest BCUT2D eigenvalue weighted by atomic mass is 9.92. The Hall–Kier alpha value is 0.140. The molecule has 8 heavy (non-hydrogen) atoms. The van der Waals surface area contributed by atoms with Gasteiger partial charge in [-0.05, 0) is 12.8 Å². The maximum absolute atomic E-state index is 11.9. The van der Waals surface area contributed by atoms with E-state index in [4.69, 9.17) is 5.84 Å². The van der Waals surface area contributed by atoms with E-state index in [1.54, 1.807) is 0 Å². The van der Waals surface area contributed by atoms with E-state index < -0.39 is 6.17 Å². The van der Waals surface area contributed by atoms with Gasteiger partial charge >= 0.3 is 0 Å². The van der Waals surface area contributed by atoms with Gasteiger partial charge < -0.3 is 0 Å². The zero-order valence-electron chi connectivity index (χ0n) is 4.43. The van der Waals surface area contributed by atoms with Crippen molar-refractivity contribution in [3.05, 3.63) is 0 Å². The fourth-order valence-corrected chi connectivity index (χ4v) is 0.684. The molecule has 1 aliphatic rings. The lowest BCUT2D eigenvalue weighted by Gasteiger charge is -2.28. The fourth-order valence-electron chi connectivity index (χ4n) is 0.684. The van der Waals surface area contributed by atoms with E-state index >= 15 is 0 Å². The highest BCUT2D eigenvalue weighted by Gasteiger charge is 2.27. The van der Waals surface area contributed by atoms with Crippen LogP contribution in [0.3, 0.4) is 0 Å². The third-order valence-electron chi connectivity index (χ3n) is 1.32. The standard InChI is InChI=1S/C4H9FN2.ClH/c5-3-1-4(2-3)7-6;/h3-4,7H,1-2,6H2;1H. The zero-order chi connectivity index (χ0) is 5.28. The van der Waals surface area contributed by atoms with Gasteiger partial charge in [-0.1, -0.05) is 0 Å². The van der Waals surface area contributed by atoms with Crippen molar-refractivity contribution in [3.63, 3.8) is 0 Å². The van der Waals surface area contributed by atoms with Crippen molar-refractivity contribution >= 4 is 12.4 Å². The number of alkyl halides is 1. The van der Waals surface area contributed by atoms with Crippen LogP contribution in [0.15, 0.2) is 0 Å². The molecule has 0 bridgehead atoms. The molecule has 3 N–H and O–H groups in total. The second-order valence-corrected chi connectivity index (χ2v) is 1.93. The van der Waals surface area contributed by atoms with Gasteiger partial charge in [-0.25, -0.2) is 4.39 Å². The highest BCUT2D eigenvalue weighted by molar-refractivity contribution is 5.85. The van der Waals surface area contributed by atoms with Crippen LogP contribution in [-0.4, -0.2) is 12.2 Å². The average Bonchev–Trinajstić information content (AvgIpc) is 1.58. The van der Waals surface area contributed by atoms with Crippen molar-refractivity contribution in [3.8, 4) is 0 Å². The Morgan fingerprint density at radius 2 is 2.00 bits per heavy atom. The SMILES string of the molecule is Cl.NNC1CC(F)C1. The van der Waals surface area contributed by atoms with Crippen molar-refractivity contribution in [1.29, 1.82) is 0 Å². The van der Waals surface area contributed by atoms with E-state index in [1.807, 2.05) is 0 Å². The predicted octanol–water partition coefficient (Wildman–Crippen LogP) is 0.372. The van der Waals surface area contributed by atoms with Gasteiger partial charge in [-0.15, -0.1) is 12.4 Å². The van der Waals surface area contributed by atoms with Gasteiger partial charge in [0, 0.05) is 6.04 Å². The molecule has 2 nitrogen and oxygen atoms in total. The molecule has 0 heterocycles. The average molecular weight is 141 g/mol. The molecule has 0 amide bonds. The van der Waals surface area contributed by atoms with Crippen LogP contribution in [0.2, 0.25) is 0 Å². The number of hydrogen-bond acceptors (Lipinski definition) is 2. The van der Waals surface area contributed by atoms with Gasteiger partial charge in [0.25, 0.3) is 0 Å². The molecule has 0 radical (unpaired) electrons. The van der Waals surface area contributed by atoms with E-state index in [9.17, 15) is 4.39 Å². The van der Waals surface area contributed by atoms with Gasteiger partial charge in [0.1, 0.15) is 6.17 Å². The summed E-state index contributed by atoms with van der Waals surface area (Å²) in [4.78, 5) is 0. The number of hydrogen-bond donors (Lipinski definition) is 2. The van der Waals surface area contributed by atoms with Crippen LogP contribution >= 0.6 is 12.4 Å². The molecular weight excluding hydrogens is 131 g/mol. The number of hydrazine groups is 1. The Bertz CT molecular complexity index is 65.1. The monoisotopic (exact) mass is 140 g/mol. The molecule has 1 rings (SSSR count). The molecule has 0 aliphatic heterocycles. The molecule has 0 aromatic heterocycles. The van der Waals surface area contributed by atoms with Crippen LogP contribution in [0.5, 0.6) is 0 Å². The van der Waals surface area contributed by atoms with Crippen LogP contribution in [0, 0.1) is 0 Å². The van der Waals surface area contributed by atoms with E-state index in [2.05, 4.69) is 5.43 Å². The summed E-state index contributed by atoms with van der Waals surface area (Å²) in [7, 11) is 0. The minimum absolute atomic E-state index is 0. The summed E-state index contributed by atoms with van der Waals surface area (Å²) in [5.41, 5.74) is 2.49. The Kier molecular flexibility index (Phi) is 3.28. The quantitative estimate of drug-likeness (QED) is 0.408. The highest BCUT2D eigenvalue weighted by Crippen LogP contribution is 2.21. The second kappa shape index (κ2) is 3.22. The first kappa shape index (κ1) is 8.14. The normalized spacial score (nSPS) is 35.2. The molecular formula is C4H10ClFN2. The lowest BCUT2D eigenvalue weighted by molar-refractivity contribution is 0.156. The predicted molar refractivity (Wildman–Crippen MR) is 32.5 cm³/mol. The van der Waals surface area contributed by atoms with Crippen LogP contribution in [0.1, 0.15) is 12.8 Å². The molecule has 0 aromatic rings. The summed E-state index contributed by atoms with van der Waals surface area (Å²) >= 11 is 0. The van der Waals surface area contributed by atoms with Crippen LogP contribution in [-0.2, 0) is 0 Å². The third-order valence-corrected chi connectivity index (χ3v) is 1.32. The van der Waals surface area contributed by atoms with E-state index in [1.165, 1.54) is 0 Å². The molecule has 0 spiro atoms. The zero-order valence-corrected chi connectivity index (χ0v) is 5.25. The largest absolute Gasteiger partial charge is 0.271 e. The lowest BCUT2D eigenvalue weighted by Crippen LogP contribution is -2.45. The summed E-state index contributed by atoms with van der Waals surface area (Å²) in [5.74, 6) is 4.98. The van der Waals surface area contributed by atoms with Gasteiger partial charge in [0.15, 0.2) is 0 Å². The summed E-state index contributed by atoms with van der Waals surface area (Å²) < 4.78 is 11.9. The number of rotatable bonds is 1. The van der Waals surface area contributed by atoms with Crippen molar-refractivity contribution < 1.29 is 4.39 Å². The fraction of sp³-hybridized carbons (Fsp3) is 1.00. The molecule has 1 fully saturated rings. The Balaban J connectivity index is 0.000000490. The maximum atomic E-state index is 11.9.